The van der Waals surface area contributed by atoms with Crippen molar-refractivity contribution < 1.29 is 0 Å². The van der Waals surface area contributed by atoms with Crippen LogP contribution in [-0.2, 0) is 12.3 Å². The van der Waals surface area contributed by atoms with Gasteiger partial charge >= 0.3 is 0 Å². The van der Waals surface area contributed by atoms with E-state index < -0.39 is 0 Å². The molecule has 2 nitrogen and oxygen atoms in total. The number of unbranched alkanes of at least 4 members (excludes halogenated alkanes) is 5. The van der Waals surface area contributed by atoms with Crippen LogP contribution in [0.25, 0.3) is 0 Å². The van der Waals surface area contributed by atoms with Crippen LogP contribution >= 0.6 is 23.4 Å². The van der Waals surface area contributed by atoms with Crippen molar-refractivity contribution in [2.24, 2.45) is 0 Å². The second-order valence-electron chi connectivity index (χ2n) is 6.38. The minimum atomic E-state index is 0.640. The molecule has 0 spiro atoms. The summed E-state index contributed by atoms with van der Waals surface area (Å²) in [4.78, 5) is 4.17. The van der Waals surface area contributed by atoms with Crippen LogP contribution in [0.1, 0.15) is 57.4 Å². The summed E-state index contributed by atoms with van der Waals surface area (Å²) >= 11 is 8.03. The van der Waals surface area contributed by atoms with Gasteiger partial charge in [-0.2, -0.15) is 11.8 Å². The minimum Gasteiger partial charge on any atom is -0.336 e. The molecule has 0 fully saturated rings. The Morgan fingerprint density at radius 3 is 2.54 bits per heavy atom. The predicted molar refractivity (Wildman–Crippen MR) is 107 cm³/mol. The Morgan fingerprint density at radius 1 is 1.08 bits per heavy atom. The second kappa shape index (κ2) is 11.6. The van der Waals surface area contributed by atoms with E-state index in [1.54, 1.807) is 0 Å². The Kier molecular flexibility index (Phi) is 9.37. The van der Waals surface area contributed by atoms with Crippen LogP contribution in [0.2, 0.25) is 5.02 Å². The van der Waals surface area contributed by atoms with E-state index >= 15 is 0 Å². The van der Waals surface area contributed by atoms with Gasteiger partial charge in [0.15, 0.2) is 0 Å². The molecule has 0 N–H and O–H groups in total. The zero-order valence-corrected chi connectivity index (χ0v) is 16.2. The number of benzene rings is 1. The number of hydrogen-bond acceptors (Lipinski definition) is 2. The molecule has 1 unspecified atom stereocenters. The van der Waals surface area contributed by atoms with Crippen molar-refractivity contribution in [3.05, 3.63) is 53.6 Å². The summed E-state index contributed by atoms with van der Waals surface area (Å²) in [5, 5.41) is 1.45. The number of hydrogen-bond donors (Lipinski definition) is 0. The van der Waals surface area contributed by atoms with E-state index in [4.69, 9.17) is 11.6 Å². The summed E-state index contributed by atoms with van der Waals surface area (Å²) in [7, 11) is 0. The molecular formula is C20H29ClN2S. The molecule has 2 rings (SSSR count). The Balaban J connectivity index is 1.77. The van der Waals surface area contributed by atoms with Crippen LogP contribution in [0.5, 0.6) is 0 Å². The van der Waals surface area contributed by atoms with Crippen LogP contribution < -0.4 is 0 Å². The van der Waals surface area contributed by atoms with E-state index in [0.717, 1.165) is 17.3 Å². The summed E-state index contributed by atoms with van der Waals surface area (Å²) < 4.78 is 2.20. The van der Waals surface area contributed by atoms with Gasteiger partial charge in [0.1, 0.15) is 0 Å². The van der Waals surface area contributed by atoms with Gasteiger partial charge in [-0.3, -0.25) is 0 Å². The van der Waals surface area contributed by atoms with Crippen LogP contribution in [0.15, 0.2) is 43.0 Å². The predicted octanol–water partition coefficient (Wildman–Crippen LogP) is 6.59. The third-order valence-electron chi connectivity index (χ3n) is 4.25. The highest BCUT2D eigenvalue weighted by atomic mass is 35.5. The number of nitrogens with zero attached hydrogens (tertiary/aromatic N) is 2. The van der Waals surface area contributed by atoms with E-state index in [1.165, 1.54) is 50.5 Å². The third kappa shape index (κ3) is 7.76. The standard InChI is InChI=1S/C20H29ClN2S/c1-2-3-4-5-6-7-8-20(15-23-14-13-22-17-23)24-16-18-9-11-19(21)12-10-18/h9-14,17,20H,2-8,15-16H2,1H3. The lowest BCUT2D eigenvalue weighted by molar-refractivity contribution is 0.552. The fraction of sp³-hybridized carbons (Fsp3) is 0.550. The Labute approximate surface area is 156 Å². The van der Waals surface area contributed by atoms with E-state index in [9.17, 15) is 0 Å². The normalized spacial score (nSPS) is 12.4. The first-order valence-electron chi connectivity index (χ1n) is 9.09. The molecule has 0 amide bonds. The van der Waals surface area contributed by atoms with Crippen molar-refractivity contribution in [3.8, 4) is 0 Å². The third-order valence-corrected chi connectivity index (χ3v) is 5.86. The molecule has 0 aliphatic carbocycles. The Morgan fingerprint density at radius 2 is 1.83 bits per heavy atom. The van der Waals surface area contributed by atoms with Crippen molar-refractivity contribution in [1.29, 1.82) is 0 Å². The highest BCUT2D eigenvalue weighted by Gasteiger charge is 2.10. The minimum absolute atomic E-state index is 0.640. The van der Waals surface area contributed by atoms with Gasteiger partial charge < -0.3 is 4.57 Å². The number of rotatable bonds is 12. The van der Waals surface area contributed by atoms with Crippen molar-refractivity contribution >= 4 is 23.4 Å². The van der Waals surface area contributed by atoms with Gasteiger partial charge in [-0.1, -0.05) is 69.2 Å². The van der Waals surface area contributed by atoms with Crippen molar-refractivity contribution in [1.82, 2.24) is 9.55 Å². The molecule has 4 heteroatoms. The maximum Gasteiger partial charge on any atom is 0.0946 e. The van der Waals surface area contributed by atoms with Crippen LogP contribution in [-0.4, -0.2) is 14.8 Å². The van der Waals surface area contributed by atoms with Gasteiger partial charge in [0.25, 0.3) is 0 Å². The molecule has 0 saturated carbocycles. The van der Waals surface area contributed by atoms with Crippen LogP contribution in [0.4, 0.5) is 0 Å². The lowest BCUT2D eigenvalue weighted by Crippen LogP contribution is -2.12. The summed E-state index contributed by atoms with van der Waals surface area (Å²) in [6, 6.07) is 8.23. The summed E-state index contributed by atoms with van der Waals surface area (Å²) in [6.07, 6.45) is 15.3. The van der Waals surface area contributed by atoms with Crippen molar-refractivity contribution in [2.75, 3.05) is 0 Å². The lowest BCUT2D eigenvalue weighted by Gasteiger charge is -2.17. The Hall–Kier alpha value is -0.930. The molecule has 0 aliphatic heterocycles. The van der Waals surface area contributed by atoms with Crippen molar-refractivity contribution in [3.63, 3.8) is 0 Å². The van der Waals surface area contributed by atoms with E-state index in [1.807, 2.05) is 24.7 Å². The smallest absolute Gasteiger partial charge is 0.0946 e. The first-order chi connectivity index (χ1) is 11.8. The van der Waals surface area contributed by atoms with Gasteiger partial charge in [-0.05, 0) is 24.1 Å². The van der Waals surface area contributed by atoms with Gasteiger partial charge in [-0.15, -0.1) is 0 Å². The highest BCUT2D eigenvalue weighted by Crippen LogP contribution is 2.25. The largest absolute Gasteiger partial charge is 0.336 e. The molecule has 1 heterocycles. The molecule has 1 atom stereocenters. The molecule has 1 aromatic heterocycles. The summed E-state index contributed by atoms with van der Waals surface area (Å²) in [6.45, 7) is 3.32. The molecule has 24 heavy (non-hydrogen) atoms. The first-order valence-corrected chi connectivity index (χ1v) is 10.5. The fourth-order valence-electron chi connectivity index (χ4n) is 2.80. The van der Waals surface area contributed by atoms with Gasteiger partial charge in [0.2, 0.25) is 0 Å². The van der Waals surface area contributed by atoms with Crippen LogP contribution in [0, 0.1) is 0 Å². The molecule has 1 aromatic carbocycles. The SMILES string of the molecule is CCCCCCCCC(Cn1ccnc1)SCc1ccc(Cl)cc1. The number of halogens is 1. The molecule has 0 saturated heterocycles. The molecular weight excluding hydrogens is 336 g/mol. The topological polar surface area (TPSA) is 17.8 Å². The van der Waals surface area contributed by atoms with Crippen molar-refractivity contribution in [2.45, 2.75) is 69.4 Å². The fourth-order valence-corrected chi connectivity index (χ4v) is 4.16. The molecule has 2 aromatic rings. The molecule has 0 bridgehead atoms. The molecule has 0 aliphatic rings. The monoisotopic (exact) mass is 364 g/mol. The summed E-state index contributed by atoms with van der Waals surface area (Å²) in [5.41, 5.74) is 1.35. The maximum atomic E-state index is 5.97. The Bertz CT molecular complexity index is 539. The average Bonchev–Trinajstić information content (AvgIpc) is 3.10. The summed E-state index contributed by atoms with van der Waals surface area (Å²) in [5.74, 6) is 1.05. The van der Waals surface area contributed by atoms with Gasteiger partial charge in [0.05, 0.1) is 6.33 Å². The second-order valence-corrected chi connectivity index (χ2v) is 8.10. The molecule has 0 radical (unpaired) electrons. The highest BCUT2D eigenvalue weighted by molar-refractivity contribution is 7.99. The maximum absolute atomic E-state index is 5.97. The van der Waals surface area contributed by atoms with Crippen LogP contribution in [0.3, 0.4) is 0 Å². The molecule has 132 valence electrons. The number of thioether (sulfide) groups is 1. The van der Waals surface area contributed by atoms with E-state index in [-0.39, 0.29) is 0 Å². The average molecular weight is 365 g/mol. The zero-order valence-electron chi connectivity index (χ0n) is 14.7. The van der Waals surface area contributed by atoms with E-state index in [0.29, 0.717) is 5.25 Å². The number of imidazole rings is 1. The lowest BCUT2D eigenvalue weighted by atomic mass is 10.1. The quantitative estimate of drug-likeness (QED) is 0.395. The zero-order chi connectivity index (χ0) is 17.0. The van der Waals surface area contributed by atoms with E-state index in [2.05, 4.69) is 46.6 Å². The van der Waals surface area contributed by atoms with Gasteiger partial charge in [0, 0.05) is 35.0 Å². The first kappa shape index (κ1) is 19.4. The number of aromatic nitrogens is 2. The van der Waals surface area contributed by atoms with Gasteiger partial charge in [-0.25, -0.2) is 4.98 Å².